The van der Waals surface area contributed by atoms with Crippen molar-refractivity contribution in [1.29, 1.82) is 0 Å². The van der Waals surface area contributed by atoms with Crippen molar-refractivity contribution in [3.05, 3.63) is 41.2 Å². The van der Waals surface area contributed by atoms with E-state index in [9.17, 15) is 34.2 Å². The number of likely N-dealkylation sites (N-methyl/N-ethyl adjacent to an activating group) is 1. The third kappa shape index (κ3) is 3.79. The highest BCUT2D eigenvalue weighted by Gasteiger charge is 2.69. The zero-order chi connectivity index (χ0) is 28.5. The van der Waals surface area contributed by atoms with Gasteiger partial charge in [0, 0.05) is 23.6 Å². The Morgan fingerprint density at radius 3 is 2.41 bits per heavy atom. The second kappa shape index (κ2) is 9.22. The van der Waals surface area contributed by atoms with Gasteiger partial charge in [0.1, 0.15) is 11.5 Å². The van der Waals surface area contributed by atoms with Gasteiger partial charge < -0.3 is 25.3 Å². The Morgan fingerprint density at radius 2 is 1.79 bits per heavy atom. The number of phenolic OH excluding ortho intramolecular Hbond substituents is 1. The van der Waals surface area contributed by atoms with Crippen LogP contribution in [0.5, 0.6) is 5.75 Å². The predicted molar refractivity (Wildman–Crippen MR) is 136 cm³/mol. The third-order valence-corrected chi connectivity index (χ3v) is 8.42. The predicted octanol–water partition coefficient (Wildman–Crippen LogP) is 0.189. The maximum Gasteiger partial charge on any atom is 0.235 e. The van der Waals surface area contributed by atoms with Gasteiger partial charge in [-0.15, -0.1) is 0 Å². The molecule has 1 heterocycles. The highest BCUT2D eigenvalue weighted by Crippen LogP contribution is 2.52. The van der Waals surface area contributed by atoms with Crippen molar-refractivity contribution in [2.75, 3.05) is 28.2 Å². The number of carbonyl (C=O) groups is 5. The van der Waals surface area contributed by atoms with Crippen molar-refractivity contribution in [1.82, 2.24) is 9.80 Å². The molecule has 2 fully saturated rings. The maximum atomic E-state index is 13.9. The van der Waals surface area contributed by atoms with E-state index in [1.54, 1.807) is 26.4 Å². The van der Waals surface area contributed by atoms with Crippen LogP contribution in [0.15, 0.2) is 28.9 Å². The first-order chi connectivity index (χ1) is 18.3. The highest BCUT2D eigenvalue weighted by atomic mass is 16.3. The van der Waals surface area contributed by atoms with Gasteiger partial charge in [-0.1, -0.05) is 0 Å². The van der Waals surface area contributed by atoms with E-state index in [1.165, 1.54) is 11.0 Å². The fraction of sp³-hybridized carbons (Fsp3) is 0.464. The van der Waals surface area contributed by atoms with Gasteiger partial charge in [-0.2, -0.15) is 0 Å². The van der Waals surface area contributed by atoms with Crippen molar-refractivity contribution < 1.29 is 38.6 Å². The van der Waals surface area contributed by atoms with E-state index in [4.69, 9.17) is 10.2 Å². The normalized spacial score (nSPS) is 30.4. The van der Waals surface area contributed by atoms with Crippen molar-refractivity contribution >= 4 is 29.0 Å². The Hall–Kier alpha value is -3.67. The van der Waals surface area contributed by atoms with Gasteiger partial charge in [-0.3, -0.25) is 28.9 Å². The molecule has 206 valence electrons. The average molecular weight is 538 g/mol. The van der Waals surface area contributed by atoms with E-state index in [0.29, 0.717) is 23.4 Å². The Morgan fingerprint density at radius 1 is 1.10 bits per heavy atom. The molecule has 0 bridgehead atoms. The standard InChI is InChI=1S/C28H31N3O8/c1-30(2)11-12-7-8-39-24(12)14-5-6-17(32)19-15(14)9-13-10-16-21(31(3)4)23(34)20(27(29)37)26(36)28(16,38)25(35)18(13)22(19)33/h5-8,13,16,18,20-21,32,38H,9-11H2,1-4H3,(H2,29,37)/t13-,16-,18?,20?,21+,28-/m0/s1. The lowest BCUT2D eigenvalue weighted by atomic mass is 9.52. The van der Waals surface area contributed by atoms with E-state index in [-0.39, 0.29) is 24.2 Å². The van der Waals surface area contributed by atoms with Crippen molar-refractivity contribution in [2.45, 2.75) is 31.0 Å². The van der Waals surface area contributed by atoms with Crippen LogP contribution in [0, 0.1) is 23.7 Å². The number of furan rings is 1. The molecule has 1 aromatic heterocycles. The van der Waals surface area contributed by atoms with Crippen molar-refractivity contribution in [3.8, 4) is 17.1 Å². The zero-order valence-corrected chi connectivity index (χ0v) is 22.1. The lowest BCUT2D eigenvalue weighted by Gasteiger charge is -2.52. The number of primary amides is 1. The van der Waals surface area contributed by atoms with Crippen LogP contribution in [0.3, 0.4) is 0 Å². The summed E-state index contributed by atoms with van der Waals surface area (Å²) in [5.74, 6) is -10.2. The number of hydrogen-bond donors (Lipinski definition) is 3. The molecule has 2 unspecified atom stereocenters. The Labute approximate surface area is 224 Å². The highest BCUT2D eigenvalue weighted by molar-refractivity contribution is 6.32. The van der Waals surface area contributed by atoms with E-state index in [2.05, 4.69) is 0 Å². The minimum Gasteiger partial charge on any atom is -0.507 e. The topological polar surface area (TPSA) is 171 Å². The number of fused-ring (bicyclic) bond motifs is 3. The third-order valence-electron chi connectivity index (χ3n) is 8.42. The largest absolute Gasteiger partial charge is 0.507 e. The summed E-state index contributed by atoms with van der Waals surface area (Å²) in [5.41, 5.74) is 4.50. The Bertz CT molecular complexity index is 1430. The number of nitrogens with two attached hydrogens (primary N) is 1. The number of nitrogens with zero attached hydrogens (tertiary/aromatic N) is 2. The summed E-state index contributed by atoms with van der Waals surface area (Å²) in [6.45, 7) is 0.560. The van der Waals surface area contributed by atoms with Crippen LogP contribution in [0.25, 0.3) is 11.3 Å². The number of amides is 1. The number of aromatic hydroxyl groups is 1. The average Bonchev–Trinajstić information content (AvgIpc) is 3.28. The maximum absolute atomic E-state index is 13.9. The Kier molecular flexibility index (Phi) is 6.36. The van der Waals surface area contributed by atoms with Gasteiger partial charge in [0.2, 0.25) is 5.91 Å². The zero-order valence-electron chi connectivity index (χ0n) is 22.1. The monoisotopic (exact) mass is 537 g/mol. The fourth-order valence-electron chi connectivity index (χ4n) is 6.85. The Balaban J connectivity index is 1.65. The number of ketones is 4. The minimum absolute atomic E-state index is 0.0122. The molecule has 6 atom stereocenters. The first-order valence-electron chi connectivity index (χ1n) is 12.7. The van der Waals surface area contributed by atoms with Crippen LogP contribution >= 0.6 is 0 Å². The van der Waals surface area contributed by atoms with Crippen LogP contribution in [0.2, 0.25) is 0 Å². The number of aliphatic hydroxyl groups is 1. The first kappa shape index (κ1) is 26.9. The minimum atomic E-state index is -2.75. The molecule has 1 aromatic carbocycles. The van der Waals surface area contributed by atoms with E-state index < -0.39 is 64.4 Å². The molecule has 11 nitrogen and oxygen atoms in total. The molecule has 0 spiro atoms. The molecule has 0 aliphatic heterocycles. The number of rotatable bonds is 5. The number of phenols is 1. The molecule has 39 heavy (non-hydrogen) atoms. The van der Waals surface area contributed by atoms with Crippen LogP contribution in [-0.4, -0.2) is 88.9 Å². The number of Topliss-reactive ketones (excluding diaryl/α,β-unsaturated/α-hetero) is 4. The smallest absolute Gasteiger partial charge is 0.235 e. The molecule has 1 amide bonds. The number of carbonyl (C=O) groups excluding carboxylic acids is 5. The fourth-order valence-corrected chi connectivity index (χ4v) is 6.85. The van der Waals surface area contributed by atoms with Gasteiger partial charge in [-0.05, 0) is 70.7 Å². The van der Waals surface area contributed by atoms with Crippen LogP contribution in [-0.2, 0) is 32.1 Å². The first-order valence-corrected chi connectivity index (χ1v) is 12.7. The summed E-state index contributed by atoms with van der Waals surface area (Å²) in [5, 5.41) is 22.4. The number of hydrogen-bond acceptors (Lipinski definition) is 10. The lowest BCUT2D eigenvalue weighted by Crippen LogP contribution is -2.74. The molecule has 0 radical (unpaired) electrons. The molecule has 11 heteroatoms. The summed E-state index contributed by atoms with van der Waals surface area (Å²) in [6.07, 6.45) is 1.70. The van der Waals surface area contributed by atoms with Gasteiger partial charge in [0.05, 0.1) is 23.8 Å². The SMILES string of the molecule is CN(C)Cc1ccoc1-c1ccc(O)c2c1C[C@H]1C[C@H]3[C@@H](N(C)C)C(=O)C(C(N)=O)C(=O)[C@@]3(O)C(=O)C1C2=O. The summed E-state index contributed by atoms with van der Waals surface area (Å²) >= 11 is 0. The van der Waals surface area contributed by atoms with Gasteiger partial charge in [0.15, 0.2) is 34.7 Å². The molecule has 4 N–H and O–H groups in total. The summed E-state index contributed by atoms with van der Waals surface area (Å²) in [7, 11) is 6.91. The lowest BCUT2D eigenvalue weighted by molar-refractivity contribution is -0.181. The van der Waals surface area contributed by atoms with Gasteiger partial charge >= 0.3 is 0 Å². The molecule has 5 rings (SSSR count). The van der Waals surface area contributed by atoms with E-state index in [0.717, 1.165) is 5.56 Å². The molecular formula is C28H31N3O8. The van der Waals surface area contributed by atoms with Crippen molar-refractivity contribution in [2.24, 2.45) is 29.4 Å². The molecule has 0 saturated heterocycles. The van der Waals surface area contributed by atoms with Crippen molar-refractivity contribution in [3.63, 3.8) is 0 Å². The summed E-state index contributed by atoms with van der Waals surface area (Å²) in [4.78, 5) is 69.9. The second-order valence-corrected chi connectivity index (χ2v) is 11.3. The number of benzene rings is 1. The molecule has 3 aliphatic carbocycles. The van der Waals surface area contributed by atoms with Gasteiger partial charge in [0.25, 0.3) is 0 Å². The molecule has 2 aromatic rings. The molecule has 3 aliphatic rings. The van der Waals surface area contributed by atoms with Crippen LogP contribution in [0.1, 0.15) is 27.9 Å². The van der Waals surface area contributed by atoms with E-state index in [1.807, 2.05) is 25.1 Å². The van der Waals surface area contributed by atoms with Crippen LogP contribution < -0.4 is 5.73 Å². The van der Waals surface area contributed by atoms with Gasteiger partial charge in [-0.25, -0.2) is 0 Å². The van der Waals surface area contributed by atoms with E-state index >= 15 is 0 Å². The molecule has 2 saturated carbocycles. The summed E-state index contributed by atoms with van der Waals surface area (Å²) in [6, 6.07) is 3.69. The quantitative estimate of drug-likeness (QED) is 0.447. The summed E-state index contributed by atoms with van der Waals surface area (Å²) < 4.78 is 5.80. The van der Waals surface area contributed by atoms with Crippen LogP contribution in [0.4, 0.5) is 0 Å². The molecular weight excluding hydrogens is 506 g/mol. The second-order valence-electron chi connectivity index (χ2n) is 11.3.